The van der Waals surface area contributed by atoms with Crippen molar-refractivity contribution in [3.8, 4) is 28.7 Å². The van der Waals surface area contributed by atoms with Gasteiger partial charge in [-0.3, -0.25) is 0 Å². The standard InChI is InChI=1S/C21H26N6O2.ClH/c1-13(2)27-21(23-12-24-27)17-11-26-7-8-29-19-9-14(3-4-16(19)20(26)25-17)15-5-6-22-10-18(15)28;/h3-4,9,11-13,15,18,22,28H,5-8,10H2,1-2H3;1H/t15-,18+;/m1./s1. The highest BCUT2D eigenvalue weighted by atomic mass is 35.5. The summed E-state index contributed by atoms with van der Waals surface area (Å²) in [4.78, 5) is 9.32. The minimum absolute atomic E-state index is 0. The van der Waals surface area contributed by atoms with Gasteiger partial charge < -0.3 is 19.7 Å². The van der Waals surface area contributed by atoms with Crippen LogP contribution in [0.5, 0.6) is 5.75 Å². The summed E-state index contributed by atoms with van der Waals surface area (Å²) in [5.41, 5.74) is 2.91. The van der Waals surface area contributed by atoms with Gasteiger partial charge in [-0.05, 0) is 44.5 Å². The van der Waals surface area contributed by atoms with Crippen molar-refractivity contribution in [3.63, 3.8) is 0 Å². The van der Waals surface area contributed by atoms with Gasteiger partial charge in [0, 0.05) is 24.7 Å². The Balaban J connectivity index is 0.00000218. The summed E-state index contributed by atoms with van der Waals surface area (Å²) < 4.78 is 10.1. The van der Waals surface area contributed by atoms with E-state index in [4.69, 9.17) is 9.72 Å². The highest BCUT2D eigenvalue weighted by Gasteiger charge is 2.27. The van der Waals surface area contributed by atoms with Gasteiger partial charge in [-0.2, -0.15) is 5.10 Å². The summed E-state index contributed by atoms with van der Waals surface area (Å²) in [6.07, 6.45) is 4.15. The molecule has 1 fully saturated rings. The number of piperidine rings is 1. The van der Waals surface area contributed by atoms with E-state index in [0.29, 0.717) is 13.2 Å². The molecule has 2 atom stereocenters. The molecule has 0 bridgehead atoms. The van der Waals surface area contributed by atoms with Gasteiger partial charge in [-0.15, -0.1) is 12.4 Å². The summed E-state index contributed by atoms with van der Waals surface area (Å²) >= 11 is 0. The zero-order valence-corrected chi connectivity index (χ0v) is 18.0. The lowest BCUT2D eigenvalue weighted by Crippen LogP contribution is -2.39. The van der Waals surface area contributed by atoms with Crippen molar-refractivity contribution >= 4 is 12.4 Å². The second-order valence-electron chi connectivity index (χ2n) is 8.04. The normalized spacial score (nSPS) is 20.7. The maximum atomic E-state index is 10.4. The average molecular weight is 431 g/mol. The molecule has 0 amide bonds. The van der Waals surface area contributed by atoms with E-state index in [1.807, 2.05) is 10.9 Å². The van der Waals surface area contributed by atoms with Crippen molar-refractivity contribution in [2.45, 2.75) is 44.9 Å². The summed E-state index contributed by atoms with van der Waals surface area (Å²) in [7, 11) is 0. The summed E-state index contributed by atoms with van der Waals surface area (Å²) in [6, 6.07) is 6.46. The molecule has 0 aliphatic carbocycles. The summed E-state index contributed by atoms with van der Waals surface area (Å²) in [5, 5.41) is 18.0. The van der Waals surface area contributed by atoms with Gasteiger partial charge in [0.05, 0.1) is 18.2 Å². The number of aliphatic hydroxyl groups excluding tert-OH is 1. The average Bonchev–Trinajstić information content (AvgIpc) is 3.32. The number of imidazole rings is 1. The predicted octanol–water partition coefficient (Wildman–Crippen LogP) is 2.64. The maximum Gasteiger partial charge on any atom is 0.178 e. The van der Waals surface area contributed by atoms with E-state index >= 15 is 0 Å². The lowest BCUT2D eigenvalue weighted by molar-refractivity contribution is 0.118. The van der Waals surface area contributed by atoms with Gasteiger partial charge >= 0.3 is 0 Å². The molecule has 30 heavy (non-hydrogen) atoms. The highest BCUT2D eigenvalue weighted by molar-refractivity contribution is 5.85. The van der Waals surface area contributed by atoms with Crippen LogP contribution < -0.4 is 10.1 Å². The van der Waals surface area contributed by atoms with Crippen molar-refractivity contribution in [1.82, 2.24) is 29.6 Å². The van der Waals surface area contributed by atoms with Crippen LogP contribution in [-0.4, -0.2) is 55.2 Å². The van der Waals surface area contributed by atoms with Crippen LogP contribution in [0.1, 0.15) is 37.8 Å². The van der Waals surface area contributed by atoms with Crippen molar-refractivity contribution in [3.05, 3.63) is 36.3 Å². The lowest BCUT2D eigenvalue weighted by atomic mass is 9.87. The molecule has 3 aromatic rings. The first-order chi connectivity index (χ1) is 14.1. The van der Waals surface area contributed by atoms with E-state index in [9.17, 15) is 5.11 Å². The smallest absolute Gasteiger partial charge is 0.178 e. The molecule has 5 rings (SSSR count). The monoisotopic (exact) mass is 430 g/mol. The van der Waals surface area contributed by atoms with E-state index in [0.717, 1.165) is 53.7 Å². The van der Waals surface area contributed by atoms with Crippen molar-refractivity contribution in [2.75, 3.05) is 19.7 Å². The number of halogens is 1. The number of benzene rings is 1. The van der Waals surface area contributed by atoms with Crippen LogP contribution in [0.25, 0.3) is 22.9 Å². The van der Waals surface area contributed by atoms with Gasteiger partial charge in [-0.1, -0.05) is 6.07 Å². The topological polar surface area (TPSA) is 90.0 Å². The quantitative estimate of drug-likeness (QED) is 0.664. The van der Waals surface area contributed by atoms with Crippen LogP contribution in [0.4, 0.5) is 0 Å². The number of nitrogens with one attached hydrogen (secondary N) is 1. The van der Waals surface area contributed by atoms with Crippen LogP contribution in [0.2, 0.25) is 0 Å². The molecule has 4 heterocycles. The molecule has 2 N–H and O–H groups in total. The van der Waals surface area contributed by atoms with Gasteiger partial charge in [0.1, 0.15) is 30.2 Å². The minimum atomic E-state index is -0.372. The molecule has 9 heteroatoms. The third-order valence-electron chi connectivity index (χ3n) is 5.78. The van der Waals surface area contributed by atoms with Crippen LogP contribution in [0.3, 0.4) is 0 Å². The zero-order chi connectivity index (χ0) is 20.0. The van der Waals surface area contributed by atoms with E-state index in [1.165, 1.54) is 0 Å². The number of aliphatic hydroxyl groups is 1. The fourth-order valence-corrected chi connectivity index (χ4v) is 4.28. The molecule has 1 saturated heterocycles. The largest absolute Gasteiger partial charge is 0.491 e. The Labute approximate surface area is 181 Å². The molecular weight excluding hydrogens is 404 g/mol. The van der Waals surface area contributed by atoms with Crippen molar-refractivity contribution < 1.29 is 9.84 Å². The molecule has 0 unspecified atom stereocenters. The van der Waals surface area contributed by atoms with E-state index in [1.54, 1.807) is 6.33 Å². The number of rotatable bonds is 3. The molecule has 0 radical (unpaired) electrons. The summed E-state index contributed by atoms with van der Waals surface area (Å²) in [6.45, 7) is 7.01. The second-order valence-corrected chi connectivity index (χ2v) is 8.04. The Morgan fingerprint density at radius 2 is 2.13 bits per heavy atom. The first-order valence-corrected chi connectivity index (χ1v) is 10.2. The van der Waals surface area contributed by atoms with Gasteiger partial charge in [0.25, 0.3) is 0 Å². The second kappa shape index (κ2) is 8.37. The van der Waals surface area contributed by atoms with Gasteiger partial charge in [0.15, 0.2) is 5.82 Å². The fourth-order valence-electron chi connectivity index (χ4n) is 4.28. The molecule has 160 valence electrons. The number of β-amino-alcohol motifs (C(OH)–C–C–N with tert-alkyl or cyclic N) is 1. The fraction of sp³-hybridized carbons (Fsp3) is 0.476. The molecule has 2 aromatic heterocycles. The number of ether oxygens (including phenoxy) is 1. The predicted molar refractivity (Wildman–Crippen MR) is 116 cm³/mol. The third-order valence-corrected chi connectivity index (χ3v) is 5.78. The van der Waals surface area contributed by atoms with Crippen LogP contribution >= 0.6 is 12.4 Å². The Morgan fingerprint density at radius 3 is 2.93 bits per heavy atom. The summed E-state index contributed by atoms with van der Waals surface area (Å²) in [5.74, 6) is 2.61. The van der Waals surface area contributed by atoms with E-state index in [2.05, 4.69) is 52.0 Å². The SMILES string of the molecule is CC(C)n1ncnc1-c1cn2c(n1)-c1ccc([C@H]3CCNC[C@@H]3O)cc1OCC2.Cl. The Hall–Kier alpha value is -2.42. The first kappa shape index (κ1) is 20.8. The number of hydrogen-bond acceptors (Lipinski definition) is 6. The Bertz CT molecular complexity index is 1030. The van der Waals surface area contributed by atoms with Crippen LogP contribution in [0, 0.1) is 0 Å². The van der Waals surface area contributed by atoms with Gasteiger partial charge in [-0.25, -0.2) is 14.6 Å². The number of nitrogens with zero attached hydrogens (tertiary/aromatic N) is 5. The molecule has 8 nitrogen and oxygen atoms in total. The Morgan fingerprint density at radius 1 is 1.27 bits per heavy atom. The van der Waals surface area contributed by atoms with Crippen LogP contribution in [-0.2, 0) is 6.54 Å². The van der Waals surface area contributed by atoms with Crippen LogP contribution in [0.15, 0.2) is 30.7 Å². The zero-order valence-electron chi connectivity index (χ0n) is 17.2. The van der Waals surface area contributed by atoms with Crippen molar-refractivity contribution in [1.29, 1.82) is 0 Å². The third kappa shape index (κ3) is 3.59. The molecule has 2 aliphatic rings. The Kier molecular flexibility index (Phi) is 5.81. The minimum Gasteiger partial charge on any atom is -0.491 e. The van der Waals surface area contributed by atoms with E-state index in [-0.39, 0.29) is 30.5 Å². The first-order valence-electron chi connectivity index (χ1n) is 10.2. The molecule has 1 aromatic carbocycles. The van der Waals surface area contributed by atoms with Crippen molar-refractivity contribution in [2.24, 2.45) is 0 Å². The lowest BCUT2D eigenvalue weighted by Gasteiger charge is -2.29. The molecule has 0 saturated carbocycles. The number of hydrogen-bond donors (Lipinski definition) is 2. The maximum absolute atomic E-state index is 10.4. The molecular formula is C21H27ClN6O2. The molecule has 2 aliphatic heterocycles. The number of aromatic nitrogens is 5. The van der Waals surface area contributed by atoms with Gasteiger partial charge in [0.2, 0.25) is 0 Å². The van der Waals surface area contributed by atoms with E-state index < -0.39 is 0 Å². The highest BCUT2D eigenvalue weighted by Crippen LogP contribution is 2.37. The molecule has 0 spiro atoms. The number of fused-ring (bicyclic) bond motifs is 3.